The van der Waals surface area contributed by atoms with Gasteiger partial charge in [0.1, 0.15) is 5.75 Å². The van der Waals surface area contributed by atoms with E-state index >= 15 is 0 Å². The quantitative estimate of drug-likeness (QED) is 0.253. The SMILES string of the molecule is CC(C)Cn1c(SCc2cc([N+](=O)[O-])cc3c2OCOC3)nc2ccccc2c1=O. The molecule has 0 spiro atoms. The lowest BCUT2D eigenvalue weighted by atomic mass is 10.1. The average Bonchev–Trinajstić information content (AvgIpc) is 2.74. The first kappa shape index (κ1) is 20.4. The highest BCUT2D eigenvalue weighted by Crippen LogP contribution is 2.36. The Balaban J connectivity index is 1.74. The van der Waals surface area contributed by atoms with Gasteiger partial charge < -0.3 is 9.47 Å². The van der Waals surface area contributed by atoms with E-state index in [2.05, 4.69) is 0 Å². The van der Waals surface area contributed by atoms with Gasteiger partial charge in [-0.25, -0.2) is 4.98 Å². The molecule has 0 saturated carbocycles. The highest BCUT2D eigenvalue weighted by molar-refractivity contribution is 7.98. The number of fused-ring (bicyclic) bond motifs is 2. The minimum absolute atomic E-state index is 0.00973. The number of non-ortho nitro benzene ring substituents is 1. The maximum absolute atomic E-state index is 13.1. The number of thioether (sulfide) groups is 1. The van der Waals surface area contributed by atoms with Crippen molar-refractivity contribution in [2.75, 3.05) is 6.79 Å². The lowest BCUT2D eigenvalue weighted by molar-refractivity contribution is -0.385. The number of hydrogen-bond donors (Lipinski definition) is 0. The summed E-state index contributed by atoms with van der Waals surface area (Å²) in [4.78, 5) is 28.7. The van der Waals surface area contributed by atoms with E-state index in [0.29, 0.717) is 45.2 Å². The molecule has 1 aromatic heterocycles. The highest BCUT2D eigenvalue weighted by Gasteiger charge is 2.22. The predicted octanol–water partition coefficient (Wildman–Crippen LogP) is 4.12. The summed E-state index contributed by atoms with van der Waals surface area (Å²) in [6, 6.07) is 10.3. The van der Waals surface area contributed by atoms with Crippen molar-refractivity contribution in [3.8, 4) is 5.75 Å². The number of hydrogen-bond acceptors (Lipinski definition) is 7. The number of para-hydroxylation sites is 1. The number of benzene rings is 2. The molecule has 0 radical (unpaired) electrons. The van der Waals surface area contributed by atoms with Crippen molar-refractivity contribution in [3.63, 3.8) is 0 Å². The summed E-state index contributed by atoms with van der Waals surface area (Å²) in [6.07, 6.45) is 0. The largest absolute Gasteiger partial charge is 0.467 e. The standard InChI is InChI=1S/C21H21N3O5S/c1-13(2)9-23-20(25)17-5-3-4-6-18(17)22-21(23)30-11-15-8-16(24(26)27)7-14-10-28-12-29-19(14)15/h3-8,13H,9-12H2,1-2H3. The minimum Gasteiger partial charge on any atom is -0.467 e. The second kappa shape index (κ2) is 8.45. The van der Waals surface area contributed by atoms with Crippen LogP contribution in [0.2, 0.25) is 0 Å². The Morgan fingerprint density at radius 3 is 2.87 bits per heavy atom. The molecule has 3 aromatic rings. The molecule has 0 saturated heterocycles. The van der Waals surface area contributed by atoms with Crippen molar-refractivity contribution in [2.24, 2.45) is 5.92 Å². The van der Waals surface area contributed by atoms with Crippen LogP contribution in [0.15, 0.2) is 46.3 Å². The van der Waals surface area contributed by atoms with E-state index < -0.39 is 4.92 Å². The number of nitro groups is 1. The van der Waals surface area contributed by atoms with Gasteiger partial charge in [-0.15, -0.1) is 0 Å². The topological polar surface area (TPSA) is 96.5 Å². The van der Waals surface area contributed by atoms with Gasteiger partial charge in [-0.1, -0.05) is 37.7 Å². The van der Waals surface area contributed by atoms with Crippen LogP contribution in [0.1, 0.15) is 25.0 Å². The fourth-order valence-electron chi connectivity index (χ4n) is 3.42. The van der Waals surface area contributed by atoms with Crippen LogP contribution >= 0.6 is 11.8 Å². The van der Waals surface area contributed by atoms with Crippen molar-refractivity contribution in [1.29, 1.82) is 0 Å². The second-order valence-electron chi connectivity index (χ2n) is 7.47. The lowest BCUT2D eigenvalue weighted by Crippen LogP contribution is -2.25. The third-order valence-corrected chi connectivity index (χ3v) is 5.74. The fraction of sp³-hybridized carbons (Fsp3) is 0.333. The first-order chi connectivity index (χ1) is 14.4. The van der Waals surface area contributed by atoms with Gasteiger partial charge >= 0.3 is 0 Å². The Bertz CT molecular complexity index is 1180. The molecule has 30 heavy (non-hydrogen) atoms. The van der Waals surface area contributed by atoms with Crippen LogP contribution in [-0.2, 0) is 23.6 Å². The van der Waals surface area contributed by atoms with Gasteiger partial charge in [0.05, 0.1) is 22.4 Å². The summed E-state index contributed by atoms with van der Waals surface area (Å²) in [6.45, 7) is 4.99. The van der Waals surface area contributed by atoms with E-state index in [1.165, 1.54) is 23.9 Å². The Morgan fingerprint density at radius 2 is 2.10 bits per heavy atom. The predicted molar refractivity (Wildman–Crippen MR) is 114 cm³/mol. The van der Waals surface area contributed by atoms with E-state index in [1.807, 2.05) is 32.0 Å². The maximum Gasteiger partial charge on any atom is 0.270 e. The van der Waals surface area contributed by atoms with Gasteiger partial charge in [0, 0.05) is 35.6 Å². The van der Waals surface area contributed by atoms with E-state index in [4.69, 9.17) is 14.5 Å². The Morgan fingerprint density at radius 1 is 1.30 bits per heavy atom. The van der Waals surface area contributed by atoms with Crippen molar-refractivity contribution in [2.45, 2.75) is 37.9 Å². The molecule has 0 bridgehead atoms. The van der Waals surface area contributed by atoms with Crippen LogP contribution in [-0.4, -0.2) is 21.3 Å². The summed E-state index contributed by atoms with van der Waals surface area (Å²) >= 11 is 1.37. The van der Waals surface area contributed by atoms with Crippen LogP contribution in [0, 0.1) is 16.0 Å². The summed E-state index contributed by atoms with van der Waals surface area (Å²) < 4.78 is 12.6. The molecule has 0 amide bonds. The number of aromatic nitrogens is 2. The summed E-state index contributed by atoms with van der Waals surface area (Å²) in [5.74, 6) is 1.25. The molecule has 4 rings (SSSR count). The average molecular weight is 427 g/mol. The molecule has 2 aromatic carbocycles. The van der Waals surface area contributed by atoms with Gasteiger partial charge in [0.25, 0.3) is 11.2 Å². The zero-order chi connectivity index (χ0) is 21.3. The molecule has 0 unspecified atom stereocenters. The third-order valence-electron chi connectivity index (χ3n) is 4.71. The maximum atomic E-state index is 13.1. The normalized spacial score (nSPS) is 13.3. The van der Waals surface area contributed by atoms with Crippen molar-refractivity contribution in [1.82, 2.24) is 9.55 Å². The van der Waals surface area contributed by atoms with E-state index in [-0.39, 0.29) is 30.6 Å². The molecule has 0 atom stereocenters. The monoisotopic (exact) mass is 427 g/mol. The molecule has 9 heteroatoms. The van der Waals surface area contributed by atoms with Crippen LogP contribution in [0.5, 0.6) is 5.75 Å². The molecule has 0 fully saturated rings. The van der Waals surface area contributed by atoms with E-state index in [9.17, 15) is 14.9 Å². The zero-order valence-corrected chi connectivity index (χ0v) is 17.5. The van der Waals surface area contributed by atoms with E-state index in [0.717, 1.165) is 0 Å². The molecular formula is C21H21N3O5S. The van der Waals surface area contributed by atoms with E-state index in [1.54, 1.807) is 10.6 Å². The van der Waals surface area contributed by atoms with Gasteiger partial charge in [-0.3, -0.25) is 19.5 Å². The van der Waals surface area contributed by atoms with Crippen molar-refractivity contribution < 1.29 is 14.4 Å². The second-order valence-corrected chi connectivity index (χ2v) is 8.41. The summed E-state index contributed by atoms with van der Waals surface area (Å²) in [5, 5.41) is 12.5. The van der Waals surface area contributed by atoms with Crippen molar-refractivity contribution >= 4 is 28.4 Å². The number of nitro benzene ring substituents is 1. The smallest absolute Gasteiger partial charge is 0.270 e. The Kier molecular flexibility index (Phi) is 5.74. The zero-order valence-electron chi connectivity index (χ0n) is 16.7. The molecule has 156 valence electrons. The molecule has 0 N–H and O–H groups in total. The molecular weight excluding hydrogens is 406 g/mol. The molecule has 0 aliphatic carbocycles. The Labute approximate surface area is 177 Å². The third kappa shape index (κ3) is 4.03. The summed E-state index contributed by atoms with van der Waals surface area (Å²) in [5.41, 5.74) is 1.88. The van der Waals surface area contributed by atoms with Gasteiger partial charge in [0.15, 0.2) is 11.9 Å². The molecule has 8 nitrogen and oxygen atoms in total. The van der Waals surface area contributed by atoms with Crippen LogP contribution in [0.3, 0.4) is 0 Å². The minimum atomic E-state index is -0.425. The molecule has 1 aliphatic rings. The first-order valence-corrected chi connectivity index (χ1v) is 10.6. The highest BCUT2D eigenvalue weighted by atomic mass is 32.2. The van der Waals surface area contributed by atoms with Gasteiger partial charge in [0.2, 0.25) is 0 Å². The van der Waals surface area contributed by atoms with Crippen LogP contribution in [0.25, 0.3) is 10.9 Å². The molecule has 2 heterocycles. The van der Waals surface area contributed by atoms with Crippen molar-refractivity contribution in [3.05, 3.63) is 68.0 Å². The first-order valence-electron chi connectivity index (χ1n) is 9.57. The lowest BCUT2D eigenvalue weighted by Gasteiger charge is -2.21. The van der Waals surface area contributed by atoms with Crippen LogP contribution < -0.4 is 10.3 Å². The van der Waals surface area contributed by atoms with Gasteiger partial charge in [-0.2, -0.15) is 0 Å². The summed E-state index contributed by atoms with van der Waals surface area (Å²) in [7, 11) is 0. The Hall–Kier alpha value is -2.91. The number of nitrogens with zero attached hydrogens (tertiary/aromatic N) is 3. The van der Waals surface area contributed by atoms with Gasteiger partial charge in [-0.05, 0) is 18.1 Å². The fourth-order valence-corrected chi connectivity index (χ4v) is 4.39. The number of rotatable bonds is 6. The van der Waals surface area contributed by atoms with Crippen LogP contribution in [0.4, 0.5) is 5.69 Å². The molecule has 1 aliphatic heterocycles. The number of ether oxygens (including phenoxy) is 2.